The minimum absolute atomic E-state index is 0.229. The number of hydrogen-bond acceptors (Lipinski definition) is 3. The van der Waals surface area contributed by atoms with Gasteiger partial charge in [0.25, 0.3) is 0 Å². The van der Waals surface area contributed by atoms with Crippen molar-refractivity contribution in [3.63, 3.8) is 0 Å². The molecule has 0 radical (unpaired) electrons. The first-order chi connectivity index (χ1) is 9.13. The van der Waals surface area contributed by atoms with Crippen LogP contribution in [0.25, 0.3) is 0 Å². The number of aryl methyl sites for hydroxylation is 1. The van der Waals surface area contributed by atoms with Crippen molar-refractivity contribution in [3.8, 4) is 0 Å². The lowest BCUT2D eigenvalue weighted by Crippen LogP contribution is -2.38. The number of likely N-dealkylation sites (tertiary alicyclic amines) is 1. The standard InChI is InChI=1S/C14H22N4O/c1-10-12(6-15-17(10)2)8-18-7-11-4-3-5-14(19)16-13(11)9-18/h6,11,13H,3-5,7-9H2,1-2H3,(H,16,19)/t11-,13+/m1/s1. The van der Waals surface area contributed by atoms with E-state index in [1.165, 1.54) is 17.7 Å². The largest absolute Gasteiger partial charge is 0.352 e. The van der Waals surface area contributed by atoms with Gasteiger partial charge in [0.2, 0.25) is 5.91 Å². The molecule has 1 amide bonds. The Labute approximate surface area is 114 Å². The van der Waals surface area contributed by atoms with Gasteiger partial charge in [-0.2, -0.15) is 5.10 Å². The number of rotatable bonds is 2. The molecule has 3 heterocycles. The molecule has 0 bridgehead atoms. The van der Waals surface area contributed by atoms with E-state index in [-0.39, 0.29) is 5.91 Å². The van der Waals surface area contributed by atoms with Gasteiger partial charge in [-0.05, 0) is 25.7 Å². The van der Waals surface area contributed by atoms with Crippen LogP contribution in [0, 0.1) is 12.8 Å². The molecule has 104 valence electrons. The van der Waals surface area contributed by atoms with E-state index >= 15 is 0 Å². The Morgan fingerprint density at radius 2 is 2.32 bits per heavy atom. The number of carbonyl (C=O) groups excluding carboxylic acids is 1. The molecule has 1 aromatic heterocycles. The van der Waals surface area contributed by atoms with Crippen LogP contribution in [-0.2, 0) is 18.4 Å². The molecule has 0 unspecified atom stereocenters. The highest BCUT2D eigenvalue weighted by Gasteiger charge is 2.35. The molecule has 2 atom stereocenters. The molecule has 0 aromatic carbocycles. The number of nitrogens with zero attached hydrogens (tertiary/aromatic N) is 3. The zero-order valence-electron chi connectivity index (χ0n) is 11.7. The second-order valence-electron chi connectivity index (χ2n) is 5.90. The first-order valence-corrected chi connectivity index (χ1v) is 7.12. The topological polar surface area (TPSA) is 50.2 Å². The van der Waals surface area contributed by atoms with Crippen LogP contribution in [-0.4, -0.2) is 39.7 Å². The van der Waals surface area contributed by atoms with Crippen LogP contribution in [0.2, 0.25) is 0 Å². The number of amides is 1. The summed E-state index contributed by atoms with van der Waals surface area (Å²) in [4.78, 5) is 14.1. The van der Waals surface area contributed by atoms with Crippen LogP contribution >= 0.6 is 0 Å². The summed E-state index contributed by atoms with van der Waals surface area (Å²) < 4.78 is 1.92. The second kappa shape index (κ2) is 4.96. The van der Waals surface area contributed by atoms with Crippen molar-refractivity contribution >= 4 is 5.91 Å². The molecular weight excluding hydrogens is 240 g/mol. The van der Waals surface area contributed by atoms with Crippen molar-refractivity contribution in [2.24, 2.45) is 13.0 Å². The van der Waals surface area contributed by atoms with Crippen LogP contribution in [0.15, 0.2) is 6.20 Å². The average molecular weight is 262 g/mol. The summed E-state index contributed by atoms with van der Waals surface area (Å²) >= 11 is 0. The minimum atomic E-state index is 0.229. The SMILES string of the molecule is Cc1c(CN2C[C@H]3CCCC(=O)N[C@H]3C2)cnn1C. The molecule has 1 aromatic rings. The summed E-state index contributed by atoms with van der Waals surface area (Å²) in [5, 5.41) is 7.47. The fraction of sp³-hybridized carbons (Fsp3) is 0.714. The quantitative estimate of drug-likeness (QED) is 0.859. The van der Waals surface area contributed by atoms with Gasteiger partial charge in [0, 0.05) is 50.4 Å². The predicted molar refractivity (Wildman–Crippen MR) is 72.5 cm³/mol. The maximum Gasteiger partial charge on any atom is 0.220 e. The van der Waals surface area contributed by atoms with Gasteiger partial charge in [0.05, 0.1) is 6.20 Å². The monoisotopic (exact) mass is 262 g/mol. The van der Waals surface area contributed by atoms with E-state index in [0.29, 0.717) is 18.4 Å². The maximum atomic E-state index is 11.6. The van der Waals surface area contributed by atoms with Gasteiger partial charge < -0.3 is 5.32 Å². The number of aromatic nitrogens is 2. The molecule has 2 saturated heterocycles. The Bertz CT molecular complexity index is 482. The molecule has 1 N–H and O–H groups in total. The number of nitrogens with one attached hydrogen (secondary N) is 1. The fourth-order valence-corrected chi connectivity index (χ4v) is 3.29. The third-order valence-electron chi connectivity index (χ3n) is 4.57. The van der Waals surface area contributed by atoms with E-state index < -0.39 is 0 Å². The van der Waals surface area contributed by atoms with Crippen molar-refractivity contribution in [3.05, 3.63) is 17.5 Å². The maximum absolute atomic E-state index is 11.6. The van der Waals surface area contributed by atoms with Crippen molar-refractivity contribution in [1.29, 1.82) is 0 Å². The highest BCUT2D eigenvalue weighted by Crippen LogP contribution is 2.26. The van der Waals surface area contributed by atoms with E-state index in [1.54, 1.807) is 0 Å². The van der Waals surface area contributed by atoms with E-state index in [9.17, 15) is 4.79 Å². The first-order valence-electron chi connectivity index (χ1n) is 7.12. The Morgan fingerprint density at radius 1 is 1.47 bits per heavy atom. The Morgan fingerprint density at radius 3 is 3.05 bits per heavy atom. The first kappa shape index (κ1) is 12.7. The van der Waals surface area contributed by atoms with Gasteiger partial charge >= 0.3 is 0 Å². The molecule has 19 heavy (non-hydrogen) atoms. The smallest absolute Gasteiger partial charge is 0.220 e. The van der Waals surface area contributed by atoms with Crippen LogP contribution in [0.5, 0.6) is 0 Å². The molecule has 0 saturated carbocycles. The number of hydrogen-bond donors (Lipinski definition) is 1. The molecule has 3 rings (SSSR count). The van der Waals surface area contributed by atoms with Crippen LogP contribution in [0.1, 0.15) is 30.5 Å². The molecular formula is C14H22N4O. The van der Waals surface area contributed by atoms with Gasteiger partial charge in [-0.15, -0.1) is 0 Å². The van der Waals surface area contributed by atoms with Gasteiger partial charge in [-0.1, -0.05) is 0 Å². The summed E-state index contributed by atoms with van der Waals surface area (Å²) in [6.07, 6.45) is 4.87. The summed E-state index contributed by atoms with van der Waals surface area (Å²) in [6.45, 7) is 5.13. The average Bonchev–Trinajstić information content (AvgIpc) is 2.82. The highest BCUT2D eigenvalue weighted by atomic mass is 16.1. The number of fused-ring (bicyclic) bond motifs is 1. The van der Waals surface area contributed by atoms with E-state index in [0.717, 1.165) is 26.1 Å². The van der Waals surface area contributed by atoms with Crippen molar-refractivity contribution in [2.75, 3.05) is 13.1 Å². The summed E-state index contributed by atoms with van der Waals surface area (Å²) in [7, 11) is 1.98. The second-order valence-corrected chi connectivity index (χ2v) is 5.90. The predicted octanol–water partition coefficient (Wildman–Crippen LogP) is 0.829. The van der Waals surface area contributed by atoms with Gasteiger partial charge in [0.1, 0.15) is 0 Å². The lowest BCUT2D eigenvalue weighted by molar-refractivity contribution is -0.121. The van der Waals surface area contributed by atoms with Gasteiger partial charge in [-0.3, -0.25) is 14.4 Å². The van der Waals surface area contributed by atoms with Gasteiger partial charge in [-0.25, -0.2) is 0 Å². The Hall–Kier alpha value is -1.36. The summed E-state index contributed by atoms with van der Waals surface area (Å²) in [5.74, 6) is 0.857. The van der Waals surface area contributed by atoms with Crippen molar-refractivity contribution < 1.29 is 4.79 Å². The molecule has 5 nitrogen and oxygen atoms in total. The van der Waals surface area contributed by atoms with E-state index in [2.05, 4.69) is 22.2 Å². The Balaban J connectivity index is 1.65. The third-order valence-corrected chi connectivity index (χ3v) is 4.57. The zero-order chi connectivity index (χ0) is 13.4. The third kappa shape index (κ3) is 2.52. The zero-order valence-corrected chi connectivity index (χ0v) is 11.7. The lowest BCUT2D eigenvalue weighted by atomic mass is 9.99. The van der Waals surface area contributed by atoms with Crippen molar-refractivity contribution in [2.45, 2.75) is 38.8 Å². The lowest BCUT2D eigenvalue weighted by Gasteiger charge is -2.16. The normalized spacial score (nSPS) is 28.0. The molecule has 2 aliphatic heterocycles. The molecule has 2 fully saturated rings. The van der Waals surface area contributed by atoms with Crippen LogP contribution < -0.4 is 5.32 Å². The minimum Gasteiger partial charge on any atom is -0.352 e. The van der Waals surface area contributed by atoms with Crippen LogP contribution in [0.4, 0.5) is 0 Å². The molecule has 0 aliphatic carbocycles. The molecule has 2 aliphatic rings. The highest BCUT2D eigenvalue weighted by molar-refractivity contribution is 5.76. The van der Waals surface area contributed by atoms with Gasteiger partial charge in [0.15, 0.2) is 0 Å². The summed E-state index contributed by atoms with van der Waals surface area (Å²) in [6, 6.07) is 0.354. The number of carbonyl (C=O) groups is 1. The summed E-state index contributed by atoms with van der Waals surface area (Å²) in [5.41, 5.74) is 2.53. The van der Waals surface area contributed by atoms with E-state index in [1.807, 2.05) is 17.9 Å². The fourth-order valence-electron chi connectivity index (χ4n) is 3.29. The van der Waals surface area contributed by atoms with E-state index in [4.69, 9.17) is 0 Å². The molecule has 0 spiro atoms. The Kier molecular flexibility index (Phi) is 3.31. The molecule has 5 heteroatoms. The van der Waals surface area contributed by atoms with Crippen molar-refractivity contribution in [1.82, 2.24) is 20.0 Å². The van der Waals surface area contributed by atoms with Crippen LogP contribution in [0.3, 0.4) is 0 Å².